The van der Waals surface area contributed by atoms with E-state index in [4.69, 9.17) is 0 Å². The topological polar surface area (TPSA) is 79.6 Å². The lowest BCUT2D eigenvalue weighted by Gasteiger charge is -2.17. The van der Waals surface area contributed by atoms with Crippen LogP contribution in [0.2, 0.25) is 0 Å². The van der Waals surface area contributed by atoms with Gasteiger partial charge in [-0.15, -0.1) is 5.10 Å². The number of hydrogen-bond acceptors (Lipinski definition) is 4. The number of alkyl halides is 1. The van der Waals surface area contributed by atoms with Crippen LogP contribution in [0.1, 0.15) is 24.5 Å². The van der Waals surface area contributed by atoms with Crippen molar-refractivity contribution in [3.63, 3.8) is 0 Å². The van der Waals surface area contributed by atoms with E-state index in [1.807, 2.05) is 12.1 Å². The molecule has 0 bridgehead atoms. The normalized spacial score (nSPS) is 29.0. The fourth-order valence-electron chi connectivity index (χ4n) is 3.32. The summed E-state index contributed by atoms with van der Waals surface area (Å²) in [6, 6.07) is 5.63. The van der Waals surface area contributed by atoms with Gasteiger partial charge in [0.2, 0.25) is 18.3 Å². The van der Waals surface area contributed by atoms with Crippen molar-refractivity contribution in [3.05, 3.63) is 23.9 Å². The van der Waals surface area contributed by atoms with Crippen LogP contribution in [0.15, 0.2) is 18.2 Å². The van der Waals surface area contributed by atoms with Gasteiger partial charge in [-0.05, 0) is 18.6 Å². The zero-order valence-electron chi connectivity index (χ0n) is 12.9. The standard InChI is InChI=1S/C15H17FN5O2P/c16-15(24)6-10(15)13(23)20-5-4-9(7-20)11-2-1-3-12-18-14(17-8-22)19-21(11)12/h1-3,8-10H,4-7,24H2,(H,17,19,22). The van der Waals surface area contributed by atoms with E-state index in [-0.39, 0.29) is 24.2 Å². The molecular weight excluding hydrogens is 332 g/mol. The number of carbonyl (C=O) groups excluding carboxylic acids is 2. The zero-order valence-corrected chi connectivity index (χ0v) is 14.0. The molecule has 3 heterocycles. The molecule has 1 aliphatic carbocycles. The van der Waals surface area contributed by atoms with Crippen LogP contribution < -0.4 is 5.32 Å². The Hall–Kier alpha value is -2.08. The van der Waals surface area contributed by atoms with E-state index in [9.17, 15) is 14.0 Å². The van der Waals surface area contributed by atoms with Gasteiger partial charge in [-0.1, -0.05) is 15.3 Å². The highest BCUT2D eigenvalue weighted by Gasteiger charge is 2.57. The van der Waals surface area contributed by atoms with Gasteiger partial charge < -0.3 is 4.90 Å². The van der Waals surface area contributed by atoms with Crippen LogP contribution in [-0.2, 0) is 9.59 Å². The second-order valence-electron chi connectivity index (χ2n) is 6.37. The number of carbonyl (C=O) groups is 2. The van der Waals surface area contributed by atoms with E-state index >= 15 is 0 Å². The van der Waals surface area contributed by atoms with Gasteiger partial charge in [0, 0.05) is 31.1 Å². The van der Waals surface area contributed by atoms with Gasteiger partial charge in [0.25, 0.3) is 0 Å². The van der Waals surface area contributed by atoms with Crippen molar-refractivity contribution in [2.75, 3.05) is 18.4 Å². The van der Waals surface area contributed by atoms with Crippen molar-refractivity contribution in [2.45, 2.75) is 24.2 Å². The lowest BCUT2D eigenvalue weighted by Crippen LogP contribution is -2.31. The first-order valence-electron chi connectivity index (χ1n) is 7.82. The van der Waals surface area contributed by atoms with Crippen LogP contribution in [0.3, 0.4) is 0 Å². The van der Waals surface area contributed by atoms with Gasteiger partial charge in [-0.25, -0.2) is 8.91 Å². The Kier molecular flexibility index (Phi) is 3.53. The molecule has 4 atom stereocenters. The number of rotatable bonds is 4. The Morgan fingerprint density at radius 2 is 2.29 bits per heavy atom. The van der Waals surface area contributed by atoms with Gasteiger partial charge >= 0.3 is 0 Å². The molecular formula is C15H17FN5O2P. The minimum absolute atomic E-state index is 0.107. The first kappa shape index (κ1) is 15.4. The van der Waals surface area contributed by atoms with Gasteiger partial charge in [-0.3, -0.25) is 14.9 Å². The maximum absolute atomic E-state index is 13.7. The minimum Gasteiger partial charge on any atom is -0.342 e. The van der Waals surface area contributed by atoms with Crippen LogP contribution in [0, 0.1) is 5.92 Å². The Labute approximate surface area is 139 Å². The third-order valence-corrected chi connectivity index (χ3v) is 5.37. The summed E-state index contributed by atoms with van der Waals surface area (Å²) in [5.41, 5.74) is 1.57. The Morgan fingerprint density at radius 3 is 3.00 bits per heavy atom. The number of anilines is 1. The number of likely N-dealkylation sites (tertiary alicyclic amines) is 1. The lowest BCUT2D eigenvalue weighted by atomic mass is 10.0. The lowest BCUT2D eigenvalue weighted by molar-refractivity contribution is -0.132. The number of halogens is 1. The number of nitrogens with zero attached hydrogens (tertiary/aromatic N) is 4. The average Bonchev–Trinajstić information content (AvgIpc) is 2.96. The summed E-state index contributed by atoms with van der Waals surface area (Å²) in [5, 5.41) is 5.31. The molecule has 2 aromatic rings. The fourth-order valence-corrected chi connectivity index (χ4v) is 3.70. The molecule has 1 aliphatic heterocycles. The number of amides is 2. The molecule has 4 rings (SSSR count). The number of hydrogen-bond donors (Lipinski definition) is 1. The maximum Gasteiger partial charge on any atom is 0.249 e. The van der Waals surface area contributed by atoms with Crippen LogP contribution in [0.4, 0.5) is 10.3 Å². The smallest absolute Gasteiger partial charge is 0.249 e. The summed E-state index contributed by atoms with van der Waals surface area (Å²) in [7, 11) is 2.13. The summed E-state index contributed by atoms with van der Waals surface area (Å²) in [4.78, 5) is 28.9. The second kappa shape index (κ2) is 5.48. The molecule has 9 heteroatoms. The largest absolute Gasteiger partial charge is 0.342 e. The van der Waals surface area contributed by atoms with Crippen molar-refractivity contribution in [3.8, 4) is 0 Å². The zero-order chi connectivity index (χ0) is 16.9. The van der Waals surface area contributed by atoms with E-state index in [1.54, 1.807) is 15.5 Å². The third-order valence-electron chi connectivity index (χ3n) is 4.73. The molecule has 2 fully saturated rings. The predicted octanol–water partition coefficient (Wildman–Crippen LogP) is 1.17. The van der Waals surface area contributed by atoms with Crippen molar-refractivity contribution in [1.29, 1.82) is 0 Å². The van der Waals surface area contributed by atoms with Crippen molar-refractivity contribution in [2.24, 2.45) is 5.92 Å². The summed E-state index contributed by atoms with van der Waals surface area (Å²) < 4.78 is 15.4. The van der Waals surface area contributed by atoms with E-state index in [0.717, 1.165) is 12.1 Å². The molecule has 2 aliphatic rings. The highest BCUT2D eigenvalue weighted by molar-refractivity contribution is 7.19. The van der Waals surface area contributed by atoms with E-state index in [0.29, 0.717) is 25.1 Å². The van der Waals surface area contributed by atoms with E-state index < -0.39 is 11.3 Å². The fraction of sp³-hybridized carbons (Fsp3) is 0.467. The molecule has 24 heavy (non-hydrogen) atoms. The molecule has 0 radical (unpaired) electrons. The Morgan fingerprint density at radius 1 is 1.50 bits per heavy atom. The quantitative estimate of drug-likeness (QED) is 0.664. The molecule has 2 aromatic heterocycles. The summed E-state index contributed by atoms with van der Waals surface area (Å²) >= 11 is 0. The molecule has 2 amide bonds. The minimum atomic E-state index is -1.42. The highest BCUT2D eigenvalue weighted by atomic mass is 31.0. The molecule has 4 unspecified atom stereocenters. The second-order valence-corrected chi connectivity index (χ2v) is 7.33. The Balaban J connectivity index is 1.55. The van der Waals surface area contributed by atoms with Gasteiger partial charge in [0.05, 0.1) is 5.92 Å². The molecule has 126 valence electrons. The SMILES string of the molecule is O=CNc1nc2cccc(C3CCN(C(=O)C4CC4(F)P)C3)n2n1. The van der Waals surface area contributed by atoms with Gasteiger partial charge in [0.1, 0.15) is 5.41 Å². The maximum atomic E-state index is 13.7. The first-order chi connectivity index (χ1) is 11.5. The summed E-state index contributed by atoms with van der Waals surface area (Å²) in [6.45, 7) is 1.16. The van der Waals surface area contributed by atoms with Crippen molar-refractivity contribution >= 4 is 33.2 Å². The van der Waals surface area contributed by atoms with Crippen LogP contribution in [0.5, 0.6) is 0 Å². The molecule has 1 saturated heterocycles. The number of aromatic nitrogens is 3. The average molecular weight is 349 g/mol. The molecule has 7 nitrogen and oxygen atoms in total. The van der Waals surface area contributed by atoms with Crippen LogP contribution >= 0.6 is 9.24 Å². The molecule has 0 spiro atoms. The number of nitrogens with one attached hydrogen (secondary N) is 1. The van der Waals surface area contributed by atoms with E-state index in [1.165, 1.54) is 0 Å². The monoisotopic (exact) mass is 349 g/mol. The molecule has 1 N–H and O–H groups in total. The van der Waals surface area contributed by atoms with Gasteiger partial charge in [0.15, 0.2) is 5.65 Å². The first-order valence-corrected chi connectivity index (χ1v) is 8.40. The molecule has 1 saturated carbocycles. The highest BCUT2D eigenvalue weighted by Crippen LogP contribution is 2.53. The van der Waals surface area contributed by atoms with Crippen LogP contribution in [0.25, 0.3) is 5.65 Å². The van der Waals surface area contributed by atoms with Gasteiger partial charge in [-0.2, -0.15) is 4.98 Å². The van der Waals surface area contributed by atoms with Crippen LogP contribution in [-0.4, -0.2) is 50.3 Å². The van der Waals surface area contributed by atoms with E-state index in [2.05, 4.69) is 24.6 Å². The summed E-state index contributed by atoms with van der Waals surface area (Å²) in [6.07, 6.45) is 1.62. The summed E-state index contributed by atoms with van der Waals surface area (Å²) in [5.74, 6) is -0.275. The Bertz CT molecular complexity index is 823. The number of fused-ring (bicyclic) bond motifs is 1. The predicted molar refractivity (Wildman–Crippen MR) is 88.3 cm³/mol. The van der Waals surface area contributed by atoms with Crippen molar-refractivity contribution in [1.82, 2.24) is 19.5 Å². The number of pyridine rings is 1. The molecule has 0 aromatic carbocycles. The third kappa shape index (κ3) is 2.55. The van der Waals surface area contributed by atoms with Crippen molar-refractivity contribution < 1.29 is 14.0 Å².